The molecule has 2 atom stereocenters. The first kappa shape index (κ1) is 9.05. The van der Waals surface area contributed by atoms with Gasteiger partial charge in [-0.05, 0) is 24.7 Å². The number of rotatable bonds is 1. The van der Waals surface area contributed by atoms with Crippen LogP contribution in [0.3, 0.4) is 0 Å². The van der Waals surface area contributed by atoms with E-state index in [1.165, 1.54) is 25.7 Å². The molecule has 1 aliphatic carbocycles. The first-order chi connectivity index (χ1) is 5.22. The van der Waals surface area contributed by atoms with Crippen molar-refractivity contribution in [2.75, 3.05) is 0 Å². The van der Waals surface area contributed by atoms with E-state index in [1.54, 1.807) is 0 Å². The molecule has 1 rings (SSSR count). The Morgan fingerprint density at radius 3 is 2.36 bits per heavy atom. The van der Waals surface area contributed by atoms with Crippen LogP contribution < -0.4 is 0 Å². The summed E-state index contributed by atoms with van der Waals surface area (Å²) in [7, 11) is 0. The summed E-state index contributed by atoms with van der Waals surface area (Å²) in [5.41, 5.74) is 0. The van der Waals surface area contributed by atoms with Crippen molar-refractivity contribution in [3.05, 3.63) is 0 Å². The number of aliphatic hydroxyl groups is 1. The van der Waals surface area contributed by atoms with Crippen molar-refractivity contribution in [1.29, 1.82) is 0 Å². The molecule has 1 fully saturated rings. The van der Waals surface area contributed by atoms with Crippen LogP contribution >= 0.6 is 0 Å². The Bertz CT molecular complexity index is 109. The molecule has 0 aromatic heterocycles. The predicted molar refractivity (Wildman–Crippen MR) is 47.4 cm³/mol. The lowest BCUT2D eigenvalue weighted by Crippen LogP contribution is -2.23. The Morgan fingerprint density at radius 1 is 1.09 bits per heavy atom. The standard InChI is InChI=1S/C10H20O/c1-8(2)9-6-4-3-5-7-10(9)11/h8-11H,3-7H2,1-2H3/t9-,10+/m0/s1. The molecule has 1 N–H and O–H groups in total. The lowest BCUT2D eigenvalue weighted by Gasteiger charge is -2.23. The van der Waals surface area contributed by atoms with Gasteiger partial charge in [-0.1, -0.05) is 33.1 Å². The van der Waals surface area contributed by atoms with Crippen LogP contribution in [0.4, 0.5) is 0 Å². The number of aliphatic hydroxyl groups excluding tert-OH is 1. The molecule has 1 heteroatoms. The normalized spacial score (nSPS) is 33.8. The summed E-state index contributed by atoms with van der Waals surface area (Å²) >= 11 is 0. The quantitative estimate of drug-likeness (QED) is 0.578. The van der Waals surface area contributed by atoms with Gasteiger partial charge < -0.3 is 5.11 Å². The highest BCUT2D eigenvalue weighted by Crippen LogP contribution is 2.28. The molecule has 0 aliphatic heterocycles. The van der Waals surface area contributed by atoms with Crippen LogP contribution in [-0.4, -0.2) is 11.2 Å². The van der Waals surface area contributed by atoms with Crippen LogP contribution in [0.2, 0.25) is 0 Å². The van der Waals surface area contributed by atoms with E-state index in [1.807, 2.05) is 0 Å². The van der Waals surface area contributed by atoms with Gasteiger partial charge in [0.15, 0.2) is 0 Å². The van der Waals surface area contributed by atoms with Gasteiger partial charge in [0.1, 0.15) is 0 Å². The predicted octanol–water partition coefficient (Wildman–Crippen LogP) is 2.58. The van der Waals surface area contributed by atoms with Gasteiger partial charge in [-0.3, -0.25) is 0 Å². The van der Waals surface area contributed by atoms with Gasteiger partial charge in [0.05, 0.1) is 6.10 Å². The molecule has 0 bridgehead atoms. The fourth-order valence-electron chi connectivity index (χ4n) is 2.09. The zero-order valence-electron chi connectivity index (χ0n) is 7.71. The average molecular weight is 156 g/mol. The van der Waals surface area contributed by atoms with Crippen molar-refractivity contribution >= 4 is 0 Å². The van der Waals surface area contributed by atoms with Crippen LogP contribution in [0.5, 0.6) is 0 Å². The first-order valence-corrected chi connectivity index (χ1v) is 4.90. The molecule has 66 valence electrons. The monoisotopic (exact) mass is 156 g/mol. The van der Waals surface area contributed by atoms with Gasteiger partial charge in [0.2, 0.25) is 0 Å². The molecule has 0 aromatic rings. The third-order valence-corrected chi connectivity index (χ3v) is 2.89. The van der Waals surface area contributed by atoms with E-state index < -0.39 is 0 Å². The van der Waals surface area contributed by atoms with Gasteiger partial charge in [-0.2, -0.15) is 0 Å². The topological polar surface area (TPSA) is 20.2 Å². The van der Waals surface area contributed by atoms with E-state index in [4.69, 9.17) is 0 Å². The van der Waals surface area contributed by atoms with Gasteiger partial charge in [-0.15, -0.1) is 0 Å². The second-order valence-corrected chi connectivity index (χ2v) is 4.11. The second kappa shape index (κ2) is 4.10. The first-order valence-electron chi connectivity index (χ1n) is 4.90. The van der Waals surface area contributed by atoms with E-state index in [-0.39, 0.29) is 6.10 Å². The number of hydrogen-bond donors (Lipinski definition) is 1. The van der Waals surface area contributed by atoms with E-state index in [0.717, 1.165) is 6.42 Å². The molecule has 0 saturated heterocycles. The molecule has 0 unspecified atom stereocenters. The van der Waals surface area contributed by atoms with Crippen molar-refractivity contribution in [3.8, 4) is 0 Å². The maximum absolute atomic E-state index is 9.72. The molecule has 1 saturated carbocycles. The van der Waals surface area contributed by atoms with Gasteiger partial charge in [-0.25, -0.2) is 0 Å². The molecular formula is C10H20O. The molecule has 0 radical (unpaired) electrons. The van der Waals surface area contributed by atoms with Crippen molar-refractivity contribution in [1.82, 2.24) is 0 Å². The minimum Gasteiger partial charge on any atom is -0.393 e. The molecule has 0 spiro atoms. The van der Waals surface area contributed by atoms with E-state index in [0.29, 0.717) is 11.8 Å². The molecule has 0 amide bonds. The summed E-state index contributed by atoms with van der Waals surface area (Å²) in [6, 6.07) is 0. The molecule has 1 nitrogen and oxygen atoms in total. The highest BCUT2D eigenvalue weighted by molar-refractivity contribution is 4.74. The summed E-state index contributed by atoms with van der Waals surface area (Å²) in [6.45, 7) is 4.44. The molecule has 0 aromatic carbocycles. The minimum atomic E-state index is -0.0162. The van der Waals surface area contributed by atoms with Crippen molar-refractivity contribution < 1.29 is 5.11 Å². The Balaban J connectivity index is 2.45. The lowest BCUT2D eigenvalue weighted by atomic mass is 9.87. The molecule has 0 heterocycles. The van der Waals surface area contributed by atoms with E-state index in [9.17, 15) is 5.11 Å². The maximum atomic E-state index is 9.72. The van der Waals surface area contributed by atoms with Crippen molar-refractivity contribution in [3.63, 3.8) is 0 Å². The summed E-state index contributed by atoms with van der Waals surface area (Å²) in [5.74, 6) is 1.22. The van der Waals surface area contributed by atoms with Gasteiger partial charge in [0, 0.05) is 0 Å². The zero-order chi connectivity index (χ0) is 8.27. The largest absolute Gasteiger partial charge is 0.393 e. The van der Waals surface area contributed by atoms with Gasteiger partial charge >= 0.3 is 0 Å². The molecular weight excluding hydrogens is 136 g/mol. The van der Waals surface area contributed by atoms with Gasteiger partial charge in [0.25, 0.3) is 0 Å². The third-order valence-electron chi connectivity index (χ3n) is 2.89. The van der Waals surface area contributed by atoms with Crippen molar-refractivity contribution in [2.24, 2.45) is 11.8 Å². The zero-order valence-corrected chi connectivity index (χ0v) is 7.71. The van der Waals surface area contributed by atoms with Crippen LogP contribution in [0, 0.1) is 11.8 Å². The maximum Gasteiger partial charge on any atom is 0.0570 e. The highest BCUT2D eigenvalue weighted by Gasteiger charge is 2.23. The van der Waals surface area contributed by atoms with E-state index >= 15 is 0 Å². The Kier molecular flexibility index (Phi) is 3.38. The third kappa shape index (κ3) is 2.48. The molecule has 1 aliphatic rings. The minimum absolute atomic E-state index is 0.0162. The SMILES string of the molecule is CC(C)[C@@H]1CCCCC[C@H]1O. The Labute approximate surface area is 69.8 Å². The van der Waals surface area contributed by atoms with E-state index in [2.05, 4.69) is 13.8 Å². The summed E-state index contributed by atoms with van der Waals surface area (Å²) in [6.07, 6.45) is 6.12. The summed E-state index contributed by atoms with van der Waals surface area (Å²) in [4.78, 5) is 0. The second-order valence-electron chi connectivity index (χ2n) is 4.11. The fraction of sp³-hybridized carbons (Fsp3) is 1.00. The Morgan fingerprint density at radius 2 is 1.73 bits per heavy atom. The summed E-state index contributed by atoms with van der Waals surface area (Å²) in [5, 5.41) is 9.72. The van der Waals surface area contributed by atoms with Crippen LogP contribution in [-0.2, 0) is 0 Å². The van der Waals surface area contributed by atoms with Crippen LogP contribution in [0.25, 0.3) is 0 Å². The highest BCUT2D eigenvalue weighted by atomic mass is 16.3. The summed E-state index contributed by atoms with van der Waals surface area (Å²) < 4.78 is 0. The molecule has 11 heavy (non-hydrogen) atoms. The Hall–Kier alpha value is -0.0400. The smallest absolute Gasteiger partial charge is 0.0570 e. The fourth-order valence-corrected chi connectivity index (χ4v) is 2.09. The number of hydrogen-bond acceptors (Lipinski definition) is 1. The van der Waals surface area contributed by atoms with Crippen LogP contribution in [0.15, 0.2) is 0 Å². The van der Waals surface area contributed by atoms with Crippen LogP contribution in [0.1, 0.15) is 46.0 Å². The van der Waals surface area contributed by atoms with Crippen molar-refractivity contribution in [2.45, 2.75) is 52.1 Å². The lowest BCUT2D eigenvalue weighted by molar-refractivity contribution is 0.0755. The average Bonchev–Trinajstić information content (AvgIpc) is 2.13.